The summed E-state index contributed by atoms with van der Waals surface area (Å²) in [6, 6.07) is 12.1. The van der Waals surface area contributed by atoms with Crippen molar-refractivity contribution < 1.29 is 9.53 Å². The molecule has 0 fully saturated rings. The van der Waals surface area contributed by atoms with Gasteiger partial charge in [-0.3, -0.25) is 4.79 Å². The Morgan fingerprint density at radius 3 is 2.57 bits per heavy atom. The molecule has 0 aromatic heterocycles. The molecule has 2 unspecified atom stereocenters. The Kier molecular flexibility index (Phi) is 4.81. The zero-order valence-corrected chi connectivity index (χ0v) is 12.5. The van der Waals surface area contributed by atoms with Gasteiger partial charge in [0.1, 0.15) is 5.75 Å². The van der Waals surface area contributed by atoms with E-state index in [1.54, 1.807) is 6.92 Å². The van der Waals surface area contributed by atoms with Crippen LogP contribution in [0.2, 0.25) is 0 Å². The van der Waals surface area contributed by atoms with E-state index in [2.05, 4.69) is 12.1 Å². The van der Waals surface area contributed by atoms with Crippen molar-refractivity contribution in [2.45, 2.75) is 26.3 Å². The van der Waals surface area contributed by atoms with Gasteiger partial charge in [0, 0.05) is 11.6 Å². The molecular formula is C17H22N2O2. The second-order valence-electron chi connectivity index (χ2n) is 5.56. The number of nitrogens with two attached hydrogens (primary N) is 2. The quantitative estimate of drug-likeness (QED) is 0.854. The van der Waals surface area contributed by atoms with Gasteiger partial charge in [-0.05, 0) is 30.2 Å². The van der Waals surface area contributed by atoms with Crippen LogP contribution in [0, 0.1) is 5.92 Å². The molecule has 0 radical (unpaired) electrons. The van der Waals surface area contributed by atoms with E-state index in [4.69, 9.17) is 16.2 Å². The van der Waals surface area contributed by atoms with Crippen LogP contribution in [0.4, 0.5) is 0 Å². The number of amides is 1. The van der Waals surface area contributed by atoms with Gasteiger partial charge in [0.05, 0.1) is 12.5 Å². The number of rotatable bonds is 6. The Hall–Kier alpha value is -2.07. The second kappa shape index (κ2) is 6.59. The third-order valence-corrected chi connectivity index (χ3v) is 3.50. The highest BCUT2D eigenvalue weighted by atomic mass is 16.5. The van der Waals surface area contributed by atoms with Crippen molar-refractivity contribution in [3.8, 4) is 5.75 Å². The summed E-state index contributed by atoms with van der Waals surface area (Å²) >= 11 is 0. The first kappa shape index (κ1) is 15.3. The van der Waals surface area contributed by atoms with Crippen molar-refractivity contribution in [3.05, 3.63) is 42.0 Å². The monoisotopic (exact) mass is 286 g/mol. The Morgan fingerprint density at radius 1 is 1.19 bits per heavy atom. The molecule has 0 aliphatic rings. The minimum Gasteiger partial charge on any atom is -0.492 e. The van der Waals surface area contributed by atoms with Gasteiger partial charge in [0.15, 0.2) is 0 Å². The molecule has 21 heavy (non-hydrogen) atoms. The largest absolute Gasteiger partial charge is 0.492 e. The number of primary amides is 1. The van der Waals surface area contributed by atoms with Crippen molar-refractivity contribution in [1.29, 1.82) is 0 Å². The maximum absolute atomic E-state index is 11.1. The molecule has 4 N–H and O–H groups in total. The summed E-state index contributed by atoms with van der Waals surface area (Å²) in [5, 5.41) is 2.29. The third kappa shape index (κ3) is 3.73. The lowest BCUT2D eigenvalue weighted by atomic mass is 9.98. The van der Waals surface area contributed by atoms with Gasteiger partial charge in [-0.25, -0.2) is 0 Å². The van der Waals surface area contributed by atoms with Crippen LogP contribution in [-0.4, -0.2) is 18.6 Å². The van der Waals surface area contributed by atoms with E-state index in [9.17, 15) is 4.79 Å². The van der Waals surface area contributed by atoms with Crippen molar-refractivity contribution in [2.24, 2.45) is 17.4 Å². The third-order valence-electron chi connectivity index (χ3n) is 3.50. The van der Waals surface area contributed by atoms with Crippen LogP contribution in [0.25, 0.3) is 10.8 Å². The van der Waals surface area contributed by atoms with E-state index in [0.29, 0.717) is 0 Å². The second-order valence-corrected chi connectivity index (χ2v) is 5.56. The minimum absolute atomic E-state index is 0.0340. The molecule has 0 saturated carbocycles. The van der Waals surface area contributed by atoms with Crippen molar-refractivity contribution in [2.75, 3.05) is 6.61 Å². The molecule has 112 valence electrons. The summed E-state index contributed by atoms with van der Waals surface area (Å²) in [6.45, 7) is 4.01. The van der Waals surface area contributed by atoms with E-state index in [0.717, 1.165) is 28.5 Å². The standard InChI is InChI=1S/C17H22N2O2/c1-11(17(19)20)10-21-16-8-7-13-5-3-4-6-14(13)15(16)9-12(2)18/h3-8,11-12H,9-10,18H2,1-2H3,(H2,19,20). The molecule has 0 heterocycles. The van der Waals surface area contributed by atoms with Gasteiger partial charge in [-0.2, -0.15) is 0 Å². The van der Waals surface area contributed by atoms with Crippen LogP contribution < -0.4 is 16.2 Å². The van der Waals surface area contributed by atoms with Gasteiger partial charge >= 0.3 is 0 Å². The van der Waals surface area contributed by atoms with Crippen molar-refractivity contribution in [1.82, 2.24) is 0 Å². The lowest BCUT2D eigenvalue weighted by Crippen LogP contribution is -2.26. The molecular weight excluding hydrogens is 264 g/mol. The van der Waals surface area contributed by atoms with Gasteiger partial charge in [0.2, 0.25) is 5.91 Å². The van der Waals surface area contributed by atoms with Gasteiger partial charge in [0.25, 0.3) is 0 Å². The summed E-state index contributed by atoms with van der Waals surface area (Å²) in [5.74, 6) is 0.100. The fraction of sp³-hybridized carbons (Fsp3) is 0.353. The lowest BCUT2D eigenvalue weighted by molar-refractivity contribution is -0.122. The molecule has 0 aliphatic carbocycles. The molecule has 0 spiro atoms. The van der Waals surface area contributed by atoms with Crippen LogP contribution >= 0.6 is 0 Å². The number of carbonyl (C=O) groups is 1. The summed E-state index contributed by atoms with van der Waals surface area (Å²) < 4.78 is 5.81. The number of carbonyl (C=O) groups excluding carboxylic acids is 1. The molecule has 2 aromatic carbocycles. The predicted molar refractivity (Wildman–Crippen MR) is 85.2 cm³/mol. The summed E-state index contributed by atoms with van der Waals surface area (Å²) in [7, 11) is 0. The molecule has 2 rings (SSSR count). The Balaban J connectivity index is 2.35. The van der Waals surface area contributed by atoms with Crippen molar-refractivity contribution >= 4 is 16.7 Å². The zero-order valence-electron chi connectivity index (χ0n) is 12.5. The van der Waals surface area contributed by atoms with E-state index in [-0.39, 0.29) is 24.5 Å². The van der Waals surface area contributed by atoms with Gasteiger partial charge in [-0.1, -0.05) is 37.3 Å². The molecule has 0 saturated heterocycles. The van der Waals surface area contributed by atoms with Gasteiger partial charge in [-0.15, -0.1) is 0 Å². The fourth-order valence-corrected chi connectivity index (χ4v) is 2.28. The van der Waals surface area contributed by atoms with E-state index >= 15 is 0 Å². The molecule has 2 aromatic rings. The van der Waals surface area contributed by atoms with E-state index in [1.807, 2.05) is 31.2 Å². The zero-order chi connectivity index (χ0) is 15.4. The van der Waals surface area contributed by atoms with Crippen LogP contribution in [0.5, 0.6) is 5.75 Å². The predicted octanol–water partition coefficient (Wildman–Crippen LogP) is 2.23. The van der Waals surface area contributed by atoms with Crippen LogP contribution in [0.15, 0.2) is 36.4 Å². The maximum Gasteiger partial charge on any atom is 0.223 e. The Bertz CT molecular complexity index is 638. The highest BCUT2D eigenvalue weighted by molar-refractivity contribution is 5.87. The number of fused-ring (bicyclic) bond motifs is 1. The first-order valence-electron chi connectivity index (χ1n) is 7.17. The fourth-order valence-electron chi connectivity index (χ4n) is 2.28. The molecule has 4 nitrogen and oxygen atoms in total. The molecule has 0 bridgehead atoms. The molecule has 0 aliphatic heterocycles. The number of hydrogen-bond donors (Lipinski definition) is 2. The number of benzene rings is 2. The van der Waals surface area contributed by atoms with Crippen LogP contribution in [0.3, 0.4) is 0 Å². The van der Waals surface area contributed by atoms with Crippen LogP contribution in [-0.2, 0) is 11.2 Å². The molecule has 1 amide bonds. The van der Waals surface area contributed by atoms with E-state index in [1.165, 1.54) is 0 Å². The first-order chi connectivity index (χ1) is 9.99. The average molecular weight is 286 g/mol. The van der Waals surface area contributed by atoms with Gasteiger partial charge < -0.3 is 16.2 Å². The highest BCUT2D eigenvalue weighted by Gasteiger charge is 2.14. The number of ether oxygens (including phenoxy) is 1. The normalized spacial score (nSPS) is 13.9. The minimum atomic E-state index is -0.357. The summed E-state index contributed by atoms with van der Waals surface area (Å²) in [4.78, 5) is 11.1. The van der Waals surface area contributed by atoms with Crippen LogP contribution in [0.1, 0.15) is 19.4 Å². The maximum atomic E-state index is 11.1. The number of hydrogen-bond acceptors (Lipinski definition) is 3. The first-order valence-corrected chi connectivity index (χ1v) is 7.17. The lowest BCUT2D eigenvalue weighted by Gasteiger charge is -2.17. The summed E-state index contributed by atoms with van der Waals surface area (Å²) in [6.07, 6.45) is 0.724. The van der Waals surface area contributed by atoms with E-state index < -0.39 is 0 Å². The smallest absolute Gasteiger partial charge is 0.223 e. The highest BCUT2D eigenvalue weighted by Crippen LogP contribution is 2.29. The molecule has 4 heteroatoms. The average Bonchev–Trinajstić information content (AvgIpc) is 2.45. The SMILES string of the molecule is CC(N)Cc1c(OCC(C)C(N)=O)ccc2ccccc12. The Labute approximate surface area is 125 Å². The molecule has 2 atom stereocenters. The Morgan fingerprint density at radius 2 is 1.90 bits per heavy atom. The van der Waals surface area contributed by atoms with Crippen molar-refractivity contribution in [3.63, 3.8) is 0 Å². The summed E-state index contributed by atoms with van der Waals surface area (Å²) in [5.41, 5.74) is 12.3. The topological polar surface area (TPSA) is 78.3 Å².